The molecule has 1 aromatic heterocycles. The number of hydrogen-bond acceptors (Lipinski definition) is 8. The van der Waals surface area contributed by atoms with E-state index in [1.807, 2.05) is 17.3 Å². The van der Waals surface area contributed by atoms with Crippen LogP contribution in [-0.2, 0) is 0 Å². The highest BCUT2D eigenvalue weighted by atomic mass is 35.5. The summed E-state index contributed by atoms with van der Waals surface area (Å²) in [7, 11) is 0. The lowest BCUT2D eigenvalue weighted by Gasteiger charge is -2.23. The highest BCUT2D eigenvalue weighted by Gasteiger charge is 2.44. The molecule has 1 aliphatic heterocycles. The Labute approximate surface area is 212 Å². The molecule has 0 saturated heterocycles. The molecular weight excluding hydrogens is 479 g/mol. The van der Waals surface area contributed by atoms with Crippen molar-refractivity contribution in [3.63, 3.8) is 0 Å². The summed E-state index contributed by atoms with van der Waals surface area (Å²) < 4.78 is 13.7. The van der Waals surface area contributed by atoms with Crippen LogP contribution in [0.1, 0.15) is 42.9 Å². The average Bonchev–Trinajstić information content (AvgIpc) is 3.82. The Hall–Kier alpha value is -4.05. The number of nitriles is 2. The van der Waals surface area contributed by atoms with E-state index < -0.39 is 5.54 Å². The highest BCUT2D eigenvalue weighted by Crippen LogP contribution is 2.42. The number of hydrogen-bond donors (Lipinski definition) is 4. The maximum atomic E-state index is 13.7. The number of nitrogens with zero attached hydrogens (tertiary/aromatic N) is 4. The van der Waals surface area contributed by atoms with Crippen molar-refractivity contribution in [2.45, 2.75) is 43.3 Å². The first kappa shape index (κ1) is 22.4. The minimum absolute atomic E-state index is 0.310. The lowest BCUT2D eigenvalue weighted by molar-refractivity contribution is 0.260. The Morgan fingerprint density at radius 1 is 1.19 bits per heavy atom. The van der Waals surface area contributed by atoms with Gasteiger partial charge in [-0.05, 0) is 55.5 Å². The highest BCUT2D eigenvalue weighted by molar-refractivity contribution is 6.35. The molecule has 2 fully saturated rings. The molecule has 3 aromatic rings. The normalized spacial score (nSPS) is 18.6. The van der Waals surface area contributed by atoms with Crippen molar-refractivity contribution in [3.8, 4) is 12.1 Å². The number of pyridine rings is 1. The number of anilines is 2. The molecule has 8 nitrogen and oxygen atoms in total. The van der Waals surface area contributed by atoms with Crippen LogP contribution < -0.4 is 21.6 Å². The predicted octanol–water partition coefficient (Wildman–Crippen LogP) is 4.85. The van der Waals surface area contributed by atoms with E-state index in [0.717, 1.165) is 24.1 Å². The largest absolute Gasteiger partial charge is 0.373 e. The molecule has 3 aliphatic rings. The number of nitrogens with one attached hydrogen (secondary N) is 4. The Morgan fingerprint density at radius 3 is 2.64 bits per heavy atom. The monoisotopic (exact) mass is 500 g/mol. The molecule has 6 rings (SSSR count). The van der Waals surface area contributed by atoms with Gasteiger partial charge in [0.1, 0.15) is 17.4 Å². The molecular formula is C26H22ClFN8. The lowest BCUT2D eigenvalue weighted by atomic mass is 10.0. The Bertz CT molecular complexity index is 1460. The van der Waals surface area contributed by atoms with Gasteiger partial charge in [0.2, 0.25) is 0 Å². The molecule has 1 atom stereocenters. The van der Waals surface area contributed by atoms with Gasteiger partial charge in [-0.2, -0.15) is 10.5 Å². The van der Waals surface area contributed by atoms with Gasteiger partial charge < -0.3 is 16.1 Å². The second-order valence-corrected chi connectivity index (χ2v) is 9.83. The summed E-state index contributed by atoms with van der Waals surface area (Å²) in [6.45, 7) is 0. The zero-order valence-corrected chi connectivity index (χ0v) is 19.9. The van der Waals surface area contributed by atoms with Crippen LogP contribution in [0.3, 0.4) is 0 Å². The predicted molar refractivity (Wildman–Crippen MR) is 135 cm³/mol. The number of aromatic nitrogens is 1. The molecule has 0 amide bonds. The third kappa shape index (κ3) is 4.13. The number of hydrazine groups is 2. The van der Waals surface area contributed by atoms with Crippen molar-refractivity contribution in [3.05, 3.63) is 76.5 Å². The minimum Gasteiger partial charge on any atom is -0.373 e. The average molecular weight is 501 g/mol. The van der Waals surface area contributed by atoms with Crippen molar-refractivity contribution in [2.24, 2.45) is 0 Å². The SMILES string of the molecule is N#Cc1cnc2c(Cl)cc(NC(C3=CN(C4CC4)NN3)c3ccc(F)cc3)cc2c1NC1(C#N)CC1. The summed E-state index contributed by atoms with van der Waals surface area (Å²) >= 11 is 6.65. The maximum absolute atomic E-state index is 13.7. The fraction of sp³-hybridized carbons (Fsp3) is 0.269. The van der Waals surface area contributed by atoms with E-state index in [2.05, 4.69) is 38.7 Å². The number of fused-ring (bicyclic) bond motifs is 1. The fourth-order valence-electron chi connectivity index (χ4n) is 4.39. The van der Waals surface area contributed by atoms with E-state index in [-0.39, 0.29) is 11.9 Å². The third-order valence-corrected chi connectivity index (χ3v) is 7.03. The molecule has 0 spiro atoms. The first-order valence-electron chi connectivity index (χ1n) is 11.7. The van der Waals surface area contributed by atoms with E-state index in [9.17, 15) is 14.9 Å². The first-order chi connectivity index (χ1) is 17.5. The molecule has 36 heavy (non-hydrogen) atoms. The van der Waals surface area contributed by atoms with E-state index in [1.165, 1.54) is 18.3 Å². The zero-order chi connectivity index (χ0) is 24.9. The summed E-state index contributed by atoms with van der Waals surface area (Å²) in [5, 5.41) is 29.2. The Morgan fingerprint density at radius 2 is 1.97 bits per heavy atom. The summed E-state index contributed by atoms with van der Waals surface area (Å²) in [5.41, 5.74) is 9.58. The third-order valence-electron chi connectivity index (χ3n) is 6.75. The van der Waals surface area contributed by atoms with Gasteiger partial charge in [-0.25, -0.2) is 4.39 Å². The van der Waals surface area contributed by atoms with Gasteiger partial charge in [0.25, 0.3) is 0 Å². The molecule has 4 N–H and O–H groups in total. The number of halogens is 2. The molecule has 0 radical (unpaired) electrons. The maximum Gasteiger partial charge on any atom is 0.125 e. The molecule has 1 unspecified atom stereocenters. The van der Waals surface area contributed by atoms with Crippen molar-refractivity contribution in [1.82, 2.24) is 21.0 Å². The second kappa shape index (κ2) is 8.56. The molecule has 180 valence electrons. The fourth-order valence-corrected chi connectivity index (χ4v) is 4.66. The van der Waals surface area contributed by atoms with E-state index in [4.69, 9.17) is 11.6 Å². The molecule has 2 aliphatic carbocycles. The van der Waals surface area contributed by atoms with Gasteiger partial charge in [-0.15, -0.1) is 5.53 Å². The van der Waals surface area contributed by atoms with E-state index in [0.29, 0.717) is 51.7 Å². The summed E-state index contributed by atoms with van der Waals surface area (Å²) in [6.07, 6.45) is 7.17. The zero-order valence-electron chi connectivity index (χ0n) is 19.1. The van der Waals surface area contributed by atoms with E-state index >= 15 is 0 Å². The summed E-state index contributed by atoms with van der Waals surface area (Å²) in [5.74, 6) is -0.310. The quantitative estimate of drug-likeness (QED) is 0.364. The van der Waals surface area contributed by atoms with Gasteiger partial charge in [-0.1, -0.05) is 23.7 Å². The smallest absolute Gasteiger partial charge is 0.125 e. The summed E-state index contributed by atoms with van der Waals surface area (Å²) in [6, 6.07) is 14.6. The lowest BCUT2D eigenvalue weighted by Crippen LogP contribution is -2.38. The molecule has 2 saturated carbocycles. The molecule has 2 aromatic carbocycles. The van der Waals surface area contributed by atoms with Crippen LogP contribution in [-0.4, -0.2) is 21.6 Å². The van der Waals surface area contributed by atoms with Crippen LogP contribution in [0, 0.1) is 28.5 Å². The van der Waals surface area contributed by atoms with Gasteiger partial charge in [0, 0.05) is 29.5 Å². The molecule has 2 heterocycles. The van der Waals surface area contributed by atoms with Crippen LogP contribution in [0.5, 0.6) is 0 Å². The van der Waals surface area contributed by atoms with Gasteiger partial charge in [0.15, 0.2) is 0 Å². The van der Waals surface area contributed by atoms with Crippen molar-refractivity contribution in [1.29, 1.82) is 10.5 Å². The summed E-state index contributed by atoms with van der Waals surface area (Å²) in [4.78, 5) is 4.40. The minimum atomic E-state index is -0.678. The standard InChI is InChI=1S/C26H22ClFN8/c27-21-10-18(9-20-23(33-26(14-30)7-8-26)16(11-29)12-31-25(20)21)32-24(15-1-3-17(28)4-2-15)22-13-36(35-34-22)19-5-6-19/h1-4,9-10,12-13,19,24,32,34-35H,5-8H2,(H,31,33). The van der Waals surface area contributed by atoms with Gasteiger partial charge in [0.05, 0.1) is 39.6 Å². The van der Waals surface area contributed by atoms with Crippen molar-refractivity contribution < 1.29 is 4.39 Å². The van der Waals surface area contributed by atoms with Crippen LogP contribution in [0.25, 0.3) is 10.9 Å². The molecule has 0 bridgehead atoms. The van der Waals surface area contributed by atoms with Crippen LogP contribution in [0.15, 0.2) is 54.5 Å². The topological polar surface area (TPSA) is 112 Å². The van der Waals surface area contributed by atoms with E-state index in [1.54, 1.807) is 18.2 Å². The van der Waals surface area contributed by atoms with Crippen molar-refractivity contribution in [2.75, 3.05) is 10.6 Å². The molecule has 10 heteroatoms. The van der Waals surface area contributed by atoms with Crippen LogP contribution in [0.4, 0.5) is 15.8 Å². The second-order valence-electron chi connectivity index (χ2n) is 9.42. The van der Waals surface area contributed by atoms with Gasteiger partial charge in [-0.3, -0.25) is 9.99 Å². The number of benzene rings is 2. The van der Waals surface area contributed by atoms with Crippen LogP contribution >= 0.6 is 11.6 Å². The number of rotatable bonds is 7. The van der Waals surface area contributed by atoms with Crippen molar-refractivity contribution >= 4 is 33.9 Å². The van der Waals surface area contributed by atoms with Gasteiger partial charge >= 0.3 is 0 Å². The van der Waals surface area contributed by atoms with Crippen LogP contribution in [0.2, 0.25) is 5.02 Å². The Balaban J connectivity index is 1.42. The Kier molecular flexibility index (Phi) is 5.33. The first-order valence-corrected chi connectivity index (χ1v) is 12.1.